The molecule has 2 aromatic rings. The van der Waals surface area contributed by atoms with E-state index in [0.29, 0.717) is 25.2 Å². The molecule has 2 aliphatic heterocycles. The van der Waals surface area contributed by atoms with Crippen molar-refractivity contribution in [3.05, 3.63) is 57.6 Å². The molecule has 5 nitrogen and oxygen atoms in total. The average molecular weight is 463 g/mol. The molecular weight excluding hydrogens is 440 g/mol. The number of hydrogen-bond donors (Lipinski definition) is 0. The fourth-order valence-corrected chi connectivity index (χ4v) is 7.00. The van der Waals surface area contributed by atoms with Crippen LogP contribution in [0.3, 0.4) is 0 Å². The third-order valence-corrected chi connectivity index (χ3v) is 8.09. The maximum atomic E-state index is 13.8. The monoisotopic (exact) mass is 462 g/mol. The zero-order valence-corrected chi connectivity index (χ0v) is 18.4. The van der Waals surface area contributed by atoms with E-state index in [1.807, 2.05) is 37.3 Å². The second-order valence-corrected chi connectivity index (χ2v) is 10.2. The van der Waals surface area contributed by atoms with E-state index in [2.05, 4.69) is 15.9 Å². The fraction of sp³-hybridized carbons (Fsp3) is 0.381. The van der Waals surface area contributed by atoms with Gasteiger partial charge in [-0.3, -0.25) is 4.79 Å². The van der Waals surface area contributed by atoms with E-state index in [9.17, 15) is 13.2 Å². The highest BCUT2D eigenvalue weighted by molar-refractivity contribution is 9.10. The SMILES string of the molecule is CC(=O)N1CCc2cc(Br)cc(S(=O)(=O)N3CCCC3c3ccccc3C)c21. The van der Waals surface area contributed by atoms with Gasteiger partial charge in [-0.1, -0.05) is 40.2 Å². The van der Waals surface area contributed by atoms with Crippen LogP contribution in [0.4, 0.5) is 5.69 Å². The average Bonchev–Trinajstić information content (AvgIpc) is 3.28. The molecule has 0 aliphatic carbocycles. The Labute approximate surface area is 174 Å². The predicted molar refractivity (Wildman–Crippen MR) is 113 cm³/mol. The molecule has 0 N–H and O–H groups in total. The summed E-state index contributed by atoms with van der Waals surface area (Å²) >= 11 is 3.46. The zero-order chi connectivity index (χ0) is 20.1. The summed E-state index contributed by atoms with van der Waals surface area (Å²) in [5, 5.41) is 0. The Bertz CT molecular complexity index is 1050. The number of anilines is 1. The minimum absolute atomic E-state index is 0.130. The van der Waals surface area contributed by atoms with Crippen LogP contribution in [-0.4, -0.2) is 31.7 Å². The number of halogens is 1. The molecule has 148 valence electrons. The Hall–Kier alpha value is -1.70. The van der Waals surface area contributed by atoms with Crippen LogP contribution < -0.4 is 4.90 Å². The maximum absolute atomic E-state index is 13.8. The summed E-state index contributed by atoms with van der Waals surface area (Å²) in [5.74, 6) is -0.130. The first-order valence-corrected chi connectivity index (χ1v) is 11.7. The Kier molecular flexibility index (Phi) is 5.10. The van der Waals surface area contributed by atoms with Gasteiger partial charge in [-0.25, -0.2) is 8.42 Å². The lowest BCUT2D eigenvalue weighted by Crippen LogP contribution is -2.33. The molecule has 2 aromatic carbocycles. The van der Waals surface area contributed by atoms with Crippen molar-refractivity contribution < 1.29 is 13.2 Å². The lowest BCUT2D eigenvalue weighted by atomic mass is 10.0. The van der Waals surface area contributed by atoms with Crippen molar-refractivity contribution in [1.82, 2.24) is 4.31 Å². The first kappa shape index (κ1) is 19.6. The molecule has 0 aromatic heterocycles. The van der Waals surface area contributed by atoms with Crippen LogP contribution in [0.5, 0.6) is 0 Å². The van der Waals surface area contributed by atoms with E-state index in [1.165, 1.54) is 6.92 Å². The number of amides is 1. The topological polar surface area (TPSA) is 57.7 Å². The molecule has 4 rings (SSSR count). The lowest BCUT2D eigenvalue weighted by Gasteiger charge is -2.28. The number of carbonyl (C=O) groups excluding carboxylic acids is 1. The quantitative estimate of drug-likeness (QED) is 0.686. The van der Waals surface area contributed by atoms with Gasteiger partial charge in [-0.15, -0.1) is 0 Å². The summed E-state index contributed by atoms with van der Waals surface area (Å²) in [5.41, 5.74) is 3.60. The molecule has 1 amide bonds. The number of fused-ring (bicyclic) bond motifs is 1. The van der Waals surface area contributed by atoms with E-state index in [-0.39, 0.29) is 16.8 Å². The zero-order valence-electron chi connectivity index (χ0n) is 16.0. The first-order chi connectivity index (χ1) is 13.3. The highest BCUT2D eigenvalue weighted by Gasteiger charge is 2.40. The largest absolute Gasteiger partial charge is 0.311 e. The van der Waals surface area contributed by atoms with Crippen molar-refractivity contribution >= 4 is 37.5 Å². The molecule has 7 heteroatoms. The van der Waals surface area contributed by atoms with Crippen molar-refractivity contribution in [3.8, 4) is 0 Å². The molecule has 1 atom stereocenters. The number of hydrogen-bond acceptors (Lipinski definition) is 3. The van der Waals surface area contributed by atoms with Gasteiger partial charge in [0.15, 0.2) is 0 Å². The van der Waals surface area contributed by atoms with Crippen LogP contribution in [0.15, 0.2) is 45.8 Å². The highest BCUT2D eigenvalue weighted by Crippen LogP contribution is 2.43. The van der Waals surface area contributed by atoms with E-state index >= 15 is 0 Å². The molecule has 1 fully saturated rings. The third-order valence-electron chi connectivity index (χ3n) is 5.71. The summed E-state index contributed by atoms with van der Waals surface area (Å²) in [6, 6.07) is 11.3. The first-order valence-electron chi connectivity index (χ1n) is 9.48. The van der Waals surface area contributed by atoms with Gasteiger partial charge in [-0.2, -0.15) is 4.31 Å². The van der Waals surface area contributed by atoms with E-state index < -0.39 is 10.0 Å². The summed E-state index contributed by atoms with van der Waals surface area (Å²) in [7, 11) is -3.76. The Morgan fingerprint density at radius 3 is 2.64 bits per heavy atom. The number of carbonyl (C=O) groups is 1. The van der Waals surface area contributed by atoms with Gasteiger partial charge in [0.2, 0.25) is 15.9 Å². The van der Waals surface area contributed by atoms with Crippen molar-refractivity contribution in [1.29, 1.82) is 0 Å². The van der Waals surface area contributed by atoms with Crippen molar-refractivity contribution in [2.75, 3.05) is 18.0 Å². The van der Waals surface area contributed by atoms with Gasteiger partial charge in [0, 0.05) is 24.5 Å². The van der Waals surface area contributed by atoms with E-state index in [4.69, 9.17) is 0 Å². The molecule has 0 spiro atoms. The standard InChI is InChI=1S/C21H23BrN2O3S/c1-14-6-3-4-7-18(14)19-8-5-10-24(19)28(26,27)20-13-17(22)12-16-9-11-23(15(2)25)21(16)20/h3-4,6-7,12-13,19H,5,8-11H2,1-2H3. The number of rotatable bonds is 3. The minimum atomic E-state index is -3.76. The molecule has 0 saturated carbocycles. The molecule has 2 aliphatic rings. The van der Waals surface area contributed by atoms with Gasteiger partial charge in [0.1, 0.15) is 4.90 Å². The molecule has 0 bridgehead atoms. The second-order valence-electron chi connectivity index (χ2n) is 7.46. The van der Waals surface area contributed by atoms with Crippen LogP contribution in [0, 0.1) is 6.92 Å². The van der Waals surface area contributed by atoms with Gasteiger partial charge < -0.3 is 4.90 Å². The molecule has 2 heterocycles. The third kappa shape index (κ3) is 3.19. The van der Waals surface area contributed by atoms with Crippen LogP contribution in [-0.2, 0) is 21.2 Å². The summed E-state index contributed by atoms with van der Waals surface area (Å²) in [4.78, 5) is 13.9. The van der Waals surface area contributed by atoms with Crippen molar-refractivity contribution in [2.24, 2.45) is 0 Å². The van der Waals surface area contributed by atoms with E-state index in [1.54, 1.807) is 15.3 Å². The molecule has 28 heavy (non-hydrogen) atoms. The van der Waals surface area contributed by atoms with Gasteiger partial charge >= 0.3 is 0 Å². The van der Waals surface area contributed by atoms with Crippen LogP contribution in [0.25, 0.3) is 0 Å². The van der Waals surface area contributed by atoms with Crippen molar-refractivity contribution in [2.45, 2.75) is 44.0 Å². The maximum Gasteiger partial charge on any atom is 0.245 e. The number of benzene rings is 2. The number of sulfonamides is 1. The Morgan fingerprint density at radius 2 is 1.93 bits per heavy atom. The molecule has 1 unspecified atom stereocenters. The second kappa shape index (κ2) is 7.28. The minimum Gasteiger partial charge on any atom is -0.311 e. The predicted octanol–water partition coefficient (Wildman–Crippen LogP) is 4.19. The normalized spacial score (nSPS) is 19.8. The fourth-order valence-electron chi connectivity index (χ4n) is 4.41. The number of aryl methyl sites for hydroxylation is 1. The molecule has 0 radical (unpaired) electrons. The molecular formula is C21H23BrN2O3S. The van der Waals surface area contributed by atoms with Crippen LogP contribution in [0.2, 0.25) is 0 Å². The Morgan fingerprint density at radius 1 is 1.18 bits per heavy atom. The Balaban J connectivity index is 1.84. The summed E-state index contributed by atoms with van der Waals surface area (Å²) in [6.45, 7) is 4.51. The smallest absolute Gasteiger partial charge is 0.245 e. The number of nitrogens with zero attached hydrogens (tertiary/aromatic N) is 2. The van der Waals surface area contributed by atoms with Crippen LogP contribution >= 0.6 is 15.9 Å². The lowest BCUT2D eigenvalue weighted by molar-refractivity contribution is -0.116. The highest BCUT2D eigenvalue weighted by atomic mass is 79.9. The van der Waals surface area contributed by atoms with Gasteiger partial charge in [0.25, 0.3) is 0 Å². The molecule has 1 saturated heterocycles. The van der Waals surface area contributed by atoms with Gasteiger partial charge in [-0.05, 0) is 55.0 Å². The van der Waals surface area contributed by atoms with Crippen LogP contribution in [0.1, 0.15) is 42.5 Å². The van der Waals surface area contributed by atoms with Gasteiger partial charge in [0.05, 0.1) is 11.7 Å². The summed E-state index contributed by atoms with van der Waals surface area (Å²) in [6.07, 6.45) is 2.29. The van der Waals surface area contributed by atoms with Crippen molar-refractivity contribution in [3.63, 3.8) is 0 Å². The summed E-state index contributed by atoms with van der Waals surface area (Å²) < 4.78 is 29.9. The van der Waals surface area contributed by atoms with E-state index in [0.717, 1.165) is 34.0 Å².